The Morgan fingerprint density at radius 2 is 2.11 bits per heavy atom. The van der Waals surface area contributed by atoms with Gasteiger partial charge in [-0.2, -0.15) is 11.8 Å². The summed E-state index contributed by atoms with van der Waals surface area (Å²) in [5, 5.41) is 2.95. The fraction of sp³-hybridized carbons (Fsp3) is 0.500. The molecule has 1 aromatic carbocycles. The largest absolute Gasteiger partial charge is 0.355 e. The Kier molecular flexibility index (Phi) is 6.22. The van der Waals surface area contributed by atoms with Crippen molar-refractivity contribution in [2.75, 3.05) is 12.3 Å². The van der Waals surface area contributed by atoms with Gasteiger partial charge in [0, 0.05) is 21.5 Å². The lowest BCUT2D eigenvalue weighted by Crippen LogP contribution is -2.28. The molecule has 2 nitrogen and oxygen atoms in total. The molecule has 0 aliphatic carbocycles. The molecule has 0 fully saturated rings. The summed E-state index contributed by atoms with van der Waals surface area (Å²) in [5.41, 5.74) is 1.03. The molecule has 1 N–H and O–H groups in total. The molecule has 0 unspecified atom stereocenters. The van der Waals surface area contributed by atoms with Gasteiger partial charge in [-0.15, -0.1) is 0 Å². The zero-order valence-corrected chi connectivity index (χ0v) is 13.5. The van der Waals surface area contributed by atoms with Gasteiger partial charge in [-0.1, -0.05) is 48.8 Å². The van der Waals surface area contributed by atoms with Crippen molar-refractivity contribution in [2.45, 2.75) is 31.9 Å². The van der Waals surface area contributed by atoms with Gasteiger partial charge < -0.3 is 5.32 Å². The molecule has 0 spiro atoms. The second-order valence-electron chi connectivity index (χ2n) is 5.12. The van der Waals surface area contributed by atoms with Crippen LogP contribution in [0.3, 0.4) is 0 Å². The molecular weight excluding hydrogens is 310 g/mol. The molecule has 1 aromatic rings. The van der Waals surface area contributed by atoms with E-state index >= 15 is 0 Å². The molecule has 100 valence electrons. The fourth-order valence-corrected chi connectivity index (χ4v) is 2.71. The number of amides is 1. The quantitative estimate of drug-likeness (QED) is 0.835. The summed E-state index contributed by atoms with van der Waals surface area (Å²) in [6, 6.07) is 7.85. The second-order valence-corrected chi connectivity index (χ2v) is 7.95. The number of halogens is 1. The average Bonchev–Trinajstić information content (AvgIpc) is 2.23. The average molecular weight is 330 g/mol. The number of hydrogen-bond acceptors (Lipinski definition) is 2. The zero-order valence-electron chi connectivity index (χ0n) is 11.1. The fourth-order valence-electron chi connectivity index (χ4n) is 1.44. The first-order valence-corrected chi connectivity index (χ1v) is 7.80. The van der Waals surface area contributed by atoms with Crippen molar-refractivity contribution in [3.8, 4) is 0 Å². The molecule has 0 saturated heterocycles. The molecular formula is C14H20BrNOS. The highest BCUT2D eigenvalue weighted by Crippen LogP contribution is 2.22. The van der Waals surface area contributed by atoms with Crippen LogP contribution in [-0.2, 0) is 11.2 Å². The van der Waals surface area contributed by atoms with Gasteiger partial charge in [0.15, 0.2) is 0 Å². The van der Waals surface area contributed by atoms with Crippen molar-refractivity contribution in [1.29, 1.82) is 0 Å². The third-order valence-corrected chi connectivity index (χ3v) is 3.98. The summed E-state index contributed by atoms with van der Waals surface area (Å²) in [4.78, 5) is 11.7. The number of carbonyl (C=O) groups excluding carboxylic acids is 1. The topological polar surface area (TPSA) is 29.1 Å². The number of thioether (sulfide) groups is 1. The van der Waals surface area contributed by atoms with E-state index in [1.54, 1.807) is 0 Å². The number of hydrogen-bond donors (Lipinski definition) is 1. The Morgan fingerprint density at radius 3 is 2.72 bits per heavy atom. The van der Waals surface area contributed by atoms with Crippen molar-refractivity contribution in [1.82, 2.24) is 5.32 Å². The van der Waals surface area contributed by atoms with Crippen molar-refractivity contribution >= 4 is 33.6 Å². The Bertz CT molecular complexity index is 401. The molecule has 0 aliphatic rings. The first-order valence-electron chi connectivity index (χ1n) is 6.02. The predicted molar refractivity (Wildman–Crippen MR) is 83.1 cm³/mol. The zero-order chi connectivity index (χ0) is 13.6. The predicted octanol–water partition coefficient (Wildman–Crippen LogP) is 3.64. The van der Waals surface area contributed by atoms with Crippen LogP contribution in [0.5, 0.6) is 0 Å². The molecule has 0 radical (unpaired) electrons. The van der Waals surface area contributed by atoms with E-state index in [0.29, 0.717) is 6.42 Å². The molecule has 1 rings (SSSR count). The van der Waals surface area contributed by atoms with E-state index in [-0.39, 0.29) is 10.7 Å². The molecule has 4 heteroatoms. The maximum Gasteiger partial charge on any atom is 0.224 e. The molecule has 0 heterocycles. The normalized spacial score (nSPS) is 11.3. The Morgan fingerprint density at radius 1 is 1.39 bits per heavy atom. The van der Waals surface area contributed by atoms with Gasteiger partial charge in [-0.25, -0.2) is 0 Å². The van der Waals surface area contributed by atoms with E-state index in [1.807, 2.05) is 36.0 Å². The Hall–Kier alpha value is -0.480. The third kappa shape index (κ3) is 7.07. The second kappa shape index (κ2) is 7.19. The minimum atomic E-state index is 0.0857. The van der Waals surface area contributed by atoms with Gasteiger partial charge in [0.2, 0.25) is 5.91 Å². The van der Waals surface area contributed by atoms with Gasteiger partial charge in [0.1, 0.15) is 0 Å². The highest BCUT2D eigenvalue weighted by atomic mass is 79.9. The van der Waals surface area contributed by atoms with E-state index in [4.69, 9.17) is 0 Å². The van der Waals surface area contributed by atoms with E-state index in [9.17, 15) is 4.79 Å². The smallest absolute Gasteiger partial charge is 0.224 e. The van der Waals surface area contributed by atoms with Crippen LogP contribution in [-0.4, -0.2) is 23.0 Å². The molecule has 0 bridgehead atoms. The van der Waals surface area contributed by atoms with Crippen LogP contribution in [0.4, 0.5) is 0 Å². The van der Waals surface area contributed by atoms with Crippen LogP contribution >= 0.6 is 27.7 Å². The summed E-state index contributed by atoms with van der Waals surface area (Å²) in [6.07, 6.45) is 0.444. The molecule has 0 atom stereocenters. The van der Waals surface area contributed by atoms with Crippen LogP contribution in [0.2, 0.25) is 0 Å². The third-order valence-electron chi connectivity index (χ3n) is 2.21. The summed E-state index contributed by atoms with van der Waals surface area (Å²) >= 11 is 5.26. The van der Waals surface area contributed by atoms with Gasteiger partial charge in [-0.3, -0.25) is 4.79 Å². The summed E-state index contributed by atoms with van der Waals surface area (Å²) in [5.74, 6) is 1.04. The molecule has 0 saturated carbocycles. The van der Waals surface area contributed by atoms with Crippen molar-refractivity contribution in [2.24, 2.45) is 0 Å². The van der Waals surface area contributed by atoms with Crippen molar-refractivity contribution in [3.63, 3.8) is 0 Å². The number of rotatable bonds is 5. The SMILES string of the molecule is CC(C)(C)SCCNC(=O)Cc1cccc(Br)c1. The summed E-state index contributed by atoms with van der Waals surface area (Å²) in [7, 11) is 0. The van der Waals surface area contributed by atoms with E-state index in [0.717, 1.165) is 22.3 Å². The van der Waals surface area contributed by atoms with Gasteiger partial charge in [0.05, 0.1) is 6.42 Å². The van der Waals surface area contributed by atoms with E-state index in [2.05, 4.69) is 42.0 Å². The van der Waals surface area contributed by atoms with Gasteiger partial charge >= 0.3 is 0 Å². The first kappa shape index (κ1) is 15.6. The van der Waals surface area contributed by atoms with E-state index in [1.165, 1.54) is 0 Å². The molecule has 0 aromatic heterocycles. The van der Waals surface area contributed by atoms with Crippen molar-refractivity contribution in [3.05, 3.63) is 34.3 Å². The van der Waals surface area contributed by atoms with Crippen LogP contribution in [0.15, 0.2) is 28.7 Å². The van der Waals surface area contributed by atoms with Crippen LogP contribution < -0.4 is 5.32 Å². The number of benzene rings is 1. The van der Waals surface area contributed by atoms with Gasteiger partial charge in [-0.05, 0) is 17.7 Å². The van der Waals surface area contributed by atoms with Crippen LogP contribution in [0.25, 0.3) is 0 Å². The lowest BCUT2D eigenvalue weighted by atomic mass is 10.1. The first-order chi connectivity index (χ1) is 8.37. The monoisotopic (exact) mass is 329 g/mol. The molecule has 18 heavy (non-hydrogen) atoms. The Labute approximate surface area is 122 Å². The highest BCUT2D eigenvalue weighted by molar-refractivity contribution is 9.10. The maximum absolute atomic E-state index is 11.7. The highest BCUT2D eigenvalue weighted by Gasteiger charge is 2.10. The molecule has 0 aliphatic heterocycles. The lowest BCUT2D eigenvalue weighted by Gasteiger charge is -2.17. The maximum atomic E-state index is 11.7. The summed E-state index contributed by atoms with van der Waals surface area (Å²) in [6.45, 7) is 7.28. The van der Waals surface area contributed by atoms with Crippen LogP contribution in [0.1, 0.15) is 26.3 Å². The standard InChI is InChI=1S/C14H20BrNOS/c1-14(2,3)18-8-7-16-13(17)10-11-5-4-6-12(15)9-11/h4-6,9H,7-8,10H2,1-3H3,(H,16,17). The minimum Gasteiger partial charge on any atom is -0.355 e. The number of carbonyl (C=O) groups is 1. The summed E-state index contributed by atoms with van der Waals surface area (Å²) < 4.78 is 1.27. The lowest BCUT2D eigenvalue weighted by molar-refractivity contribution is -0.120. The van der Waals surface area contributed by atoms with Crippen LogP contribution in [0, 0.1) is 0 Å². The van der Waals surface area contributed by atoms with Crippen molar-refractivity contribution < 1.29 is 4.79 Å². The minimum absolute atomic E-state index is 0.0857. The Balaban J connectivity index is 2.26. The molecule has 1 amide bonds. The number of nitrogens with one attached hydrogen (secondary N) is 1. The van der Waals surface area contributed by atoms with E-state index < -0.39 is 0 Å². The van der Waals surface area contributed by atoms with Gasteiger partial charge in [0.25, 0.3) is 0 Å².